The molecule has 7 heteroatoms. The SMILES string of the molecule is Cc1ccc2c(N3CCCC(CNC(=O)O)C3)nc(-c3ccccc3O)nc2c1. The Labute approximate surface area is 169 Å². The number of benzene rings is 2. The van der Waals surface area contributed by atoms with Crippen molar-refractivity contribution in [1.29, 1.82) is 0 Å². The van der Waals surface area contributed by atoms with Crippen LogP contribution in [0.4, 0.5) is 10.6 Å². The summed E-state index contributed by atoms with van der Waals surface area (Å²) in [4.78, 5) is 22.6. The number of amides is 1. The summed E-state index contributed by atoms with van der Waals surface area (Å²) in [6, 6.07) is 13.2. The highest BCUT2D eigenvalue weighted by atomic mass is 16.4. The third-order valence-corrected chi connectivity index (χ3v) is 5.34. The number of fused-ring (bicyclic) bond motifs is 1. The summed E-state index contributed by atoms with van der Waals surface area (Å²) in [5.41, 5.74) is 2.53. The highest BCUT2D eigenvalue weighted by Gasteiger charge is 2.24. The largest absolute Gasteiger partial charge is 0.507 e. The van der Waals surface area contributed by atoms with Gasteiger partial charge in [-0.3, -0.25) is 0 Å². The Hall–Kier alpha value is -3.35. The number of hydrogen-bond donors (Lipinski definition) is 3. The minimum Gasteiger partial charge on any atom is -0.507 e. The van der Waals surface area contributed by atoms with Crippen molar-refractivity contribution in [1.82, 2.24) is 15.3 Å². The normalized spacial score (nSPS) is 16.7. The lowest BCUT2D eigenvalue weighted by atomic mass is 9.97. The van der Waals surface area contributed by atoms with E-state index in [1.807, 2.05) is 37.3 Å². The predicted octanol–water partition coefficient (Wildman–Crippen LogP) is 3.79. The third-order valence-electron chi connectivity index (χ3n) is 5.34. The number of phenolic OH excluding ortho intramolecular Hbond substituents is 1. The smallest absolute Gasteiger partial charge is 0.404 e. The summed E-state index contributed by atoms with van der Waals surface area (Å²) in [7, 11) is 0. The van der Waals surface area contributed by atoms with Crippen molar-refractivity contribution in [2.45, 2.75) is 19.8 Å². The summed E-state index contributed by atoms with van der Waals surface area (Å²) in [6.07, 6.45) is 0.951. The Bertz CT molecular complexity index is 1050. The molecule has 0 spiro atoms. The lowest BCUT2D eigenvalue weighted by Gasteiger charge is -2.34. The number of aromatic nitrogens is 2. The molecule has 1 amide bonds. The molecule has 1 aliphatic heterocycles. The van der Waals surface area contributed by atoms with Gasteiger partial charge in [0.15, 0.2) is 5.82 Å². The van der Waals surface area contributed by atoms with Gasteiger partial charge in [-0.25, -0.2) is 14.8 Å². The summed E-state index contributed by atoms with van der Waals surface area (Å²) < 4.78 is 0. The van der Waals surface area contributed by atoms with Crippen molar-refractivity contribution < 1.29 is 15.0 Å². The number of piperidine rings is 1. The van der Waals surface area contributed by atoms with Crippen LogP contribution in [0.2, 0.25) is 0 Å². The molecule has 3 aromatic rings. The number of carboxylic acid groups (broad SMARTS) is 1. The first kappa shape index (κ1) is 19.0. The van der Waals surface area contributed by atoms with Gasteiger partial charge in [0.05, 0.1) is 11.1 Å². The van der Waals surface area contributed by atoms with Gasteiger partial charge in [0, 0.05) is 25.0 Å². The molecule has 2 heterocycles. The maximum absolute atomic E-state index is 10.9. The van der Waals surface area contributed by atoms with Gasteiger partial charge in [-0.05, 0) is 55.5 Å². The number of nitrogens with zero attached hydrogens (tertiary/aromatic N) is 3. The fraction of sp³-hybridized carbons (Fsp3) is 0.318. The van der Waals surface area contributed by atoms with Gasteiger partial charge in [-0.1, -0.05) is 18.2 Å². The second kappa shape index (κ2) is 7.95. The minimum absolute atomic E-state index is 0.146. The van der Waals surface area contributed by atoms with E-state index in [1.165, 1.54) is 0 Å². The molecule has 29 heavy (non-hydrogen) atoms. The van der Waals surface area contributed by atoms with Crippen molar-refractivity contribution in [3.8, 4) is 17.1 Å². The molecule has 1 atom stereocenters. The number of nitrogens with one attached hydrogen (secondary N) is 1. The molecule has 1 saturated heterocycles. The molecule has 1 fully saturated rings. The fourth-order valence-corrected chi connectivity index (χ4v) is 3.90. The summed E-state index contributed by atoms with van der Waals surface area (Å²) in [6.45, 7) is 4.03. The van der Waals surface area contributed by atoms with Crippen molar-refractivity contribution in [3.63, 3.8) is 0 Å². The molecule has 1 unspecified atom stereocenters. The van der Waals surface area contributed by atoms with Crippen LogP contribution < -0.4 is 10.2 Å². The highest BCUT2D eigenvalue weighted by Crippen LogP contribution is 2.33. The number of rotatable bonds is 4. The van der Waals surface area contributed by atoms with Gasteiger partial charge < -0.3 is 20.4 Å². The van der Waals surface area contributed by atoms with Gasteiger partial charge in [0.25, 0.3) is 0 Å². The average molecular weight is 392 g/mol. The first-order chi connectivity index (χ1) is 14.0. The molecule has 3 N–H and O–H groups in total. The zero-order chi connectivity index (χ0) is 20.4. The van der Waals surface area contributed by atoms with Crippen LogP contribution in [0.15, 0.2) is 42.5 Å². The molecular formula is C22H24N4O3. The molecule has 0 aliphatic carbocycles. The lowest BCUT2D eigenvalue weighted by molar-refractivity contribution is 0.191. The van der Waals surface area contributed by atoms with Gasteiger partial charge in [-0.2, -0.15) is 0 Å². The van der Waals surface area contributed by atoms with E-state index in [1.54, 1.807) is 12.1 Å². The van der Waals surface area contributed by atoms with E-state index in [2.05, 4.69) is 10.2 Å². The number of aryl methyl sites for hydroxylation is 1. The van der Waals surface area contributed by atoms with E-state index in [4.69, 9.17) is 15.1 Å². The Kier molecular flexibility index (Phi) is 5.20. The number of phenols is 1. The fourth-order valence-electron chi connectivity index (χ4n) is 3.90. The van der Waals surface area contributed by atoms with Crippen LogP contribution in [0.1, 0.15) is 18.4 Å². The van der Waals surface area contributed by atoms with Gasteiger partial charge in [-0.15, -0.1) is 0 Å². The molecule has 7 nitrogen and oxygen atoms in total. The van der Waals surface area contributed by atoms with E-state index in [-0.39, 0.29) is 11.7 Å². The predicted molar refractivity (Wildman–Crippen MR) is 112 cm³/mol. The van der Waals surface area contributed by atoms with E-state index in [0.29, 0.717) is 17.9 Å². The quantitative estimate of drug-likeness (QED) is 0.625. The number of hydrogen-bond acceptors (Lipinski definition) is 5. The Balaban J connectivity index is 1.76. The number of carbonyl (C=O) groups is 1. The van der Waals surface area contributed by atoms with Crippen LogP contribution >= 0.6 is 0 Å². The van der Waals surface area contributed by atoms with Crippen LogP contribution in [-0.4, -0.2) is 45.9 Å². The van der Waals surface area contributed by atoms with Crippen molar-refractivity contribution in [2.24, 2.45) is 5.92 Å². The first-order valence-electron chi connectivity index (χ1n) is 9.80. The molecule has 150 valence electrons. The first-order valence-corrected chi connectivity index (χ1v) is 9.80. The van der Waals surface area contributed by atoms with Gasteiger partial charge in [0.2, 0.25) is 0 Å². The second-order valence-corrected chi connectivity index (χ2v) is 7.55. The molecule has 1 aliphatic rings. The molecule has 4 rings (SSSR count). The zero-order valence-electron chi connectivity index (χ0n) is 16.3. The number of anilines is 1. The van der Waals surface area contributed by atoms with E-state index < -0.39 is 6.09 Å². The Morgan fingerprint density at radius 3 is 2.86 bits per heavy atom. The van der Waals surface area contributed by atoms with Crippen molar-refractivity contribution in [3.05, 3.63) is 48.0 Å². The van der Waals surface area contributed by atoms with Crippen molar-refractivity contribution >= 4 is 22.8 Å². The van der Waals surface area contributed by atoms with Gasteiger partial charge >= 0.3 is 6.09 Å². The summed E-state index contributed by atoms with van der Waals surface area (Å²) in [5.74, 6) is 1.69. The molecule has 1 aromatic heterocycles. The number of aromatic hydroxyl groups is 1. The minimum atomic E-state index is -0.994. The van der Waals surface area contributed by atoms with E-state index >= 15 is 0 Å². The molecule has 0 radical (unpaired) electrons. The Morgan fingerprint density at radius 2 is 2.07 bits per heavy atom. The highest BCUT2D eigenvalue weighted by molar-refractivity contribution is 5.92. The monoisotopic (exact) mass is 392 g/mol. The maximum Gasteiger partial charge on any atom is 0.404 e. The van der Waals surface area contributed by atoms with Gasteiger partial charge in [0.1, 0.15) is 11.6 Å². The van der Waals surface area contributed by atoms with Crippen LogP contribution in [-0.2, 0) is 0 Å². The summed E-state index contributed by atoms with van der Waals surface area (Å²) >= 11 is 0. The van der Waals surface area contributed by atoms with Crippen LogP contribution in [0.25, 0.3) is 22.3 Å². The Morgan fingerprint density at radius 1 is 1.24 bits per heavy atom. The zero-order valence-corrected chi connectivity index (χ0v) is 16.3. The molecule has 0 bridgehead atoms. The molecule has 0 saturated carbocycles. The second-order valence-electron chi connectivity index (χ2n) is 7.55. The summed E-state index contributed by atoms with van der Waals surface area (Å²) in [5, 5.41) is 22.7. The van der Waals surface area contributed by atoms with Crippen LogP contribution in [0.5, 0.6) is 5.75 Å². The van der Waals surface area contributed by atoms with Crippen LogP contribution in [0.3, 0.4) is 0 Å². The van der Waals surface area contributed by atoms with Crippen LogP contribution in [0, 0.1) is 12.8 Å². The topological polar surface area (TPSA) is 98.6 Å². The van der Waals surface area contributed by atoms with E-state index in [9.17, 15) is 9.90 Å². The third kappa shape index (κ3) is 4.08. The standard InChI is InChI=1S/C22H24N4O3/c1-14-8-9-16-18(11-14)24-20(17-6-2-3-7-19(17)27)25-21(16)26-10-4-5-15(13-26)12-23-22(28)29/h2-3,6-9,11,15,23,27H,4-5,10,12-13H2,1H3,(H,28,29). The van der Waals surface area contributed by atoms with E-state index in [0.717, 1.165) is 48.2 Å². The number of para-hydroxylation sites is 1. The lowest BCUT2D eigenvalue weighted by Crippen LogP contribution is -2.41. The van der Waals surface area contributed by atoms with Crippen molar-refractivity contribution in [2.75, 3.05) is 24.5 Å². The average Bonchev–Trinajstić information content (AvgIpc) is 2.72. The maximum atomic E-state index is 10.9. The molecule has 2 aromatic carbocycles. The molecular weight excluding hydrogens is 368 g/mol.